The van der Waals surface area contributed by atoms with Crippen molar-refractivity contribution in [3.63, 3.8) is 0 Å². The lowest BCUT2D eigenvalue weighted by atomic mass is 10.1. The zero-order valence-corrected chi connectivity index (χ0v) is 10.9. The second kappa shape index (κ2) is 6.52. The van der Waals surface area contributed by atoms with Gasteiger partial charge in [-0.2, -0.15) is 0 Å². The second-order valence-corrected chi connectivity index (χ2v) is 4.35. The monoisotopic (exact) mass is 270 g/mol. The predicted molar refractivity (Wildman–Crippen MR) is 76.3 cm³/mol. The van der Waals surface area contributed by atoms with Gasteiger partial charge < -0.3 is 5.43 Å². The van der Waals surface area contributed by atoms with Gasteiger partial charge in [-0.1, -0.05) is 36.9 Å². The fraction of sp³-hybridized carbons (Fsp3) is 0.0625. The standard InChI is InChI=1S/C16H15FN2O/c1-12(11-13-5-3-2-4-6-13)18-19-16(20)14-7-9-15(17)10-8-14/h2-10,18H,1,11H2,(H,19,20). The zero-order valence-electron chi connectivity index (χ0n) is 10.9. The van der Waals surface area contributed by atoms with Crippen molar-refractivity contribution < 1.29 is 9.18 Å². The third kappa shape index (κ3) is 3.95. The highest BCUT2D eigenvalue weighted by atomic mass is 19.1. The summed E-state index contributed by atoms with van der Waals surface area (Å²) in [7, 11) is 0. The highest BCUT2D eigenvalue weighted by molar-refractivity contribution is 5.93. The minimum Gasteiger partial charge on any atom is -0.303 e. The Morgan fingerprint density at radius 2 is 1.65 bits per heavy atom. The molecule has 0 saturated heterocycles. The van der Waals surface area contributed by atoms with Crippen molar-refractivity contribution in [1.29, 1.82) is 0 Å². The highest BCUT2D eigenvalue weighted by Crippen LogP contribution is 2.04. The highest BCUT2D eigenvalue weighted by Gasteiger charge is 2.05. The normalized spacial score (nSPS) is 9.85. The van der Waals surface area contributed by atoms with Crippen LogP contribution in [0.1, 0.15) is 15.9 Å². The first kappa shape index (κ1) is 13.8. The van der Waals surface area contributed by atoms with Crippen molar-refractivity contribution in [2.45, 2.75) is 6.42 Å². The molecule has 102 valence electrons. The molecule has 0 aliphatic heterocycles. The van der Waals surface area contributed by atoms with Gasteiger partial charge in [0.1, 0.15) is 5.82 Å². The quantitative estimate of drug-likeness (QED) is 0.820. The third-order valence-corrected chi connectivity index (χ3v) is 2.72. The van der Waals surface area contributed by atoms with Crippen LogP contribution in [0, 0.1) is 5.82 Å². The fourth-order valence-electron chi connectivity index (χ4n) is 1.71. The summed E-state index contributed by atoms with van der Waals surface area (Å²) in [5, 5.41) is 0. The minimum absolute atomic E-state index is 0.334. The van der Waals surface area contributed by atoms with E-state index >= 15 is 0 Å². The van der Waals surface area contributed by atoms with Crippen LogP contribution in [0.2, 0.25) is 0 Å². The van der Waals surface area contributed by atoms with Crippen LogP contribution < -0.4 is 10.9 Å². The van der Waals surface area contributed by atoms with Crippen LogP contribution in [-0.2, 0) is 6.42 Å². The Bertz CT molecular complexity index is 594. The molecule has 2 aromatic rings. The van der Waals surface area contributed by atoms with E-state index in [2.05, 4.69) is 17.4 Å². The summed E-state index contributed by atoms with van der Waals surface area (Å²) in [6.45, 7) is 3.84. The summed E-state index contributed by atoms with van der Waals surface area (Å²) in [5.41, 5.74) is 7.44. The lowest BCUT2D eigenvalue weighted by molar-refractivity contribution is 0.0938. The average Bonchev–Trinajstić information content (AvgIpc) is 2.46. The van der Waals surface area contributed by atoms with Crippen LogP contribution in [-0.4, -0.2) is 5.91 Å². The number of carbonyl (C=O) groups is 1. The molecule has 0 spiro atoms. The molecule has 0 bridgehead atoms. The van der Waals surface area contributed by atoms with Gasteiger partial charge >= 0.3 is 0 Å². The summed E-state index contributed by atoms with van der Waals surface area (Å²) in [5.74, 6) is -0.706. The van der Waals surface area contributed by atoms with E-state index in [1.165, 1.54) is 24.3 Å². The first-order valence-corrected chi connectivity index (χ1v) is 6.19. The number of halogens is 1. The van der Waals surface area contributed by atoms with Crippen LogP contribution in [0.25, 0.3) is 0 Å². The van der Waals surface area contributed by atoms with Crippen molar-refractivity contribution in [1.82, 2.24) is 10.9 Å². The van der Waals surface area contributed by atoms with Gasteiger partial charge in [0.2, 0.25) is 0 Å². The second-order valence-electron chi connectivity index (χ2n) is 4.35. The van der Waals surface area contributed by atoms with Crippen LogP contribution in [0.5, 0.6) is 0 Å². The molecule has 0 aliphatic carbocycles. The summed E-state index contributed by atoms with van der Waals surface area (Å²) in [6, 6.07) is 15.1. The number of carbonyl (C=O) groups excluding carboxylic acids is 1. The maximum atomic E-state index is 12.7. The first-order valence-electron chi connectivity index (χ1n) is 6.19. The van der Waals surface area contributed by atoms with E-state index in [1.54, 1.807) is 0 Å². The molecule has 0 atom stereocenters. The number of hydrogen-bond acceptors (Lipinski definition) is 2. The van der Waals surface area contributed by atoms with Crippen LogP contribution in [0.3, 0.4) is 0 Å². The van der Waals surface area contributed by atoms with Gasteiger partial charge in [-0.25, -0.2) is 4.39 Å². The Balaban J connectivity index is 1.84. The van der Waals surface area contributed by atoms with E-state index < -0.39 is 0 Å². The van der Waals surface area contributed by atoms with Crippen molar-refractivity contribution >= 4 is 5.91 Å². The molecule has 0 fully saturated rings. The molecule has 2 rings (SSSR count). The minimum atomic E-state index is -0.372. The number of benzene rings is 2. The maximum absolute atomic E-state index is 12.7. The summed E-state index contributed by atoms with van der Waals surface area (Å²) in [4.78, 5) is 11.8. The van der Waals surface area contributed by atoms with Crippen LogP contribution in [0.15, 0.2) is 66.9 Å². The third-order valence-electron chi connectivity index (χ3n) is 2.72. The molecular formula is C16H15FN2O. The Morgan fingerprint density at radius 1 is 1.00 bits per heavy atom. The van der Waals surface area contributed by atoms with Gasteiger partial charge in [0.15, 0.2) is 0 Å². The molecule has 20 heavy (non-hydrogen) atoms. The van der Waals surface area contributed by atoms with Gasteiger partial charge in [-0.3, -0.25) is 10.2 Å². The van der Waals surface area contributed by atoms with Gasteiger partial charge in [-0.05, 0) is 29.8 Å². The molecule has 3 nitrogen and oxygen atoms in total. The zero-order chi connectivity index (χ0) is 14.4. The number of hydrogen-bond donors (Lipinski definition) is 2. The van der Waals surface area contributed by atoms with Crippen molar-refractivity contribution in [2.24, 2.45) is 0 Å². The first-order chi connectivity index (χ1) is 9.65. The number of hydrazine groups is 1. The van der Waals surface area contributed by atoms with E-state index in [-0.39, 0.29) is 11.7 Å². The molecule has 0 aromatic heterocycles. The Labute approximate surface area is 117 Å². The molecule has 0 aliphatic rings. The number of allylic oxidation sites excluding steroid dienone is 1. The van der Waals surface area contributed by atoms with Gasteiger partial charge in [-0.15, -0.1) is 0 Å². The Morgan fingerprint density at radius 3 is 2.30 bits per heavy atom. The smallest absolute Gasteiger partial charge is 0.269 e. The summed E-state index contributed by atoms with van der Waals surface area (Å²) < 4.78 is 12.7. The van der Waals surface area contributed by atoms with Crippen LogP contribution >= 0.6 is 0 Å². The fourth-order valence-corrected chi connectivity index (χ4v) is 1.71. The molecule has 4 heteroatoms. The van der Waals surface area contributed by atoms with Gasteiger partial charge in [0.05, 0.1) is 0 Å². The lowest BCUT2D eigenvalue weighted by Crippen LogP contribution is -2.36. The number of rotatable bonds is 5. The molecular weight excluding hydrogens is 255 g/mol. The number of amides is 1. The van der Waals surface area contributed by atoms with Crippen molar-refractivity contribution in [3.05, 3.63) is 83.8 Å². The molecule has 2 aromatic carbocycles. The predicted octanol–water partition coefficient (Wildman–Crippen LogP) is 2.82. The molecule has 0 unspecified atom stereocenters. The van der Waals surface area contributed by atoms with Crippen molar-refractivity contribution in [3.8, 4) is 0 Å². The molecule has 0 heterocycles. The molecule has 1 amide bonds. The average molecular weight is 270 g/mol. The lowest BCUT2D eigenvalue weighted by Gasteiger charge is -2.11. The largest absolute Gasteiger partial charge is 0.303 e. The molecule has 2 N–H and O–H groups in total. The van der Waals surface area contributed by atoms with E-state index in [0.29, 0.717) is 17.7 Å². The maximum Gasteiger partial charge on any atom is 0.269 e. The van der Waals surface area contributed by atoms with Crippen LogP contribution in [0.4, 0.5) is 4.39 Å². The van der Waals surface area contributed by atoms with E-state index in [4.69, 9.17) is 0 Å². The molecule has 0 radical (unpaired) electrons. The van der Waals surface area contributed by atoms with E-state index in [1.807, 2.05) is 30.3 Å². The number of nitrogens with one attached hydrogen (secondary N) is 2. The summed E-state index contributed by atoms with van der Waals surface area (Å²) >= 11 is 0. The van der Waals surface area contributed by atoms with Gasteiger partial charge in [0.25, 0.3) is 5.91 Å². The van der Waals surface area contributed by atoms with E-state index in [0.717, 1.165) is 5.56 Å². The Hall–Kier alpha value is -2.62. The van der Waals surface area contributed by atoms with Crippen molar-refractivity contribution in [2.75, 3.05) is 0 Å². The molecule has 0 saturated carbocycles. The van der Waals surface area contributed by atoms with Gasteiger partial charge in [0, 0.05) is 17.7 Å². The SMILES string of the molecule is C=C(Cc1ccccc1)NNC(=O)c1ccc(F)cc1. The summed E-state index contributed by atoms with van der Waals surface area (Å²) in [6.07, 6.45) is 0.616. The topological polar surface area (TPSA) is 41.1 Å². The van der Waals surface area contributed by atoms with E-state index in [9.17, 15) is 9.18 Å². The Kier molecular flexibility index (Phi) is 4.50.